The maximum Gasteiger partial charge on any atom is 0.256 e. The zero-order valence-electron chi connectivity index (χ0n) is 16.4. The van der Waals surface area contributed by atoms with Crippen LogP contribution in [0.3, 0.4) is 0 Å². The minimum absolute atomic E-state index is 0.0474. The van der Waals surface area contributed by atoms with Gasteiger partial charge in [0.2, 0.25) is 0 Å². The van der Waals surface area contributed by atoms with Gasteiger partial charge in [-0.3, -0.25) is 14.5 Å². The van der Waals surface area contributed by atoms with E-state index in [1.807, 2.05) is 35.2 Å². The van der Waals surface area contributed by atoms with Gasteiger partial charge in [-0.1, -0.05) is 30.3 Å². The van der Waals surface area contributed by atoms with Crippen LogP contribution in [0, 0.1) is 0 Å². The molecule has 0 bridgehead atoms. The van der Waals surface area contributed by atoms with Crippen molar-refractivity contribution in [3.05, 3.63) is 86.5 Å². The Kier molecular flexibility index (Phi) is 6.62. The third-order valence-electron chi connectivity index (χ3n) is 5.14. The van der Waals surface area contributed by atoms with Gasteiger partial charge in [0.1, 0.15) is 0 Å². The largest absolute Gasteiger partial charge is 0.336 e. The number of nitrogens with one attached hydrogen (secondary N) is 1. The molecule has 1 N–H and O–H groups in total. The third-order valence-corrected chi connectivity index (χ3v) is 6.70. The molecule has 0 spiro atoms. The summed E-state index contributed by atoms with van der Waals surface area (Å²) in [6, 6.07) is 18.6. The lowest BCUT2D eigenvalue weighted by Crippen LogP contribution is -2.48. The molecular formula is C23H22BrN3O2S. The van der Waals surface area contributed by atoms with Gasteiger partial charge in [0.05, 0.1) is 16.8 Å². The number of nitrogens with zero attached hydrogens (tertiary/aromatic N) is 2. The molecule has 0 unspecified atom stereocenters. The zero-order chi connectivity index (χ0) is 20.9. The fourth-order valence-corrected chi connectivity index (χ4v) is 4.73. The van der Waals surface area contributed by atoms with Gasteiger partial charge in [0, 0.05) is 42.1 Å². The van der Waals surface area contributed by atoms with Crippen LogP contribution < -0.4 is 5.32 Å². The van der Waals surface area contributed by atoms with Gasteiger partial charge >= 0.3 is 0 Å². The summed E-state index contributed by atoms with van der Waals surface area (Å²) in [6.45, 7) is 3.97. The number of benzene rings is 2. The first kappa shape index (κ1) is 20.8. The average molecular weight is 484 g/mol. The van der Waals surface area contributed by atoms with Crippen molar-refractivity contribution in [1.82, 2.24) is 9.80 Å². The first-order valence-corrected chi connectivity index (χ1v) is 11.5. The number of carbonyl (C=O) groups is 2. The number of rotatable bonds is 5. The Morgan fingerprint density at radius 3 is 2.30 bits per heavy atom. The summed E-state index contributed by atoms with van der Waals surface area (Å²) in [6.07, 6.45) is 0. The second-order valence-corrected chi connectivity index (χ2v) is 9.01. The predicted octanol–water partition coefficient (Wildman–Crippen LogP) is 4.72. The highest BCUT2D eigenvalue weighted by molar-refractivity contribution is 9.10. The number of hydrogen-bond donors (Lipinski definition) is 1. The Morgan fingerprint density at radius 2 is 1.60 bits per heavy atom. The van der Waals surface area contributed by atoms with Crippen LogP contribution in [0.15, 0.2) is 70.5 Å². The molecule has 154 valence electrons. The topological polar surface area (TPSA) is 52.7 Å². The van der Waals surface area contributed by atoms with Crippen LogP contribution in [0.4, 0.5) is 5.69 Å². The van der Waals surface area contributed by atoms with E-state index in [9.17, 15) is 9.59 Å². The fraction of sp³-hybridized carbons (Fsp3) is 0.217. The number of halogens is 1. The molecule has 1 fully saturated rings. The van der Waals surface area contributed by atoms with Crippen LogP contribution in [0.25, 0.3) is 0 Å². The summed E-state index contributed by atoms with van der Waals surface area (Å²) in [4.78, 5) is 31.5. The van der Waals surface area contributed by atoms with Crippen molar-refractivity contribution >= 4 is 44.8 Å². The summed E-state index contributed by atoms with van der Waals surface area (Å²) in [5.41, 5.74) is 1.58. The smallest absolute Gasteiger partial charge is 0.256 e. The molecule has 30 heavy (non-hydrogen) atoms. The number of anilines is 1. The van der Waals surface area contributed by atoms with E-state index in [1.54, 1.807) is 29.5 Å². The van der Waals surface area contributed by atoms with E-state index in [2.05, 4.69) is 43.7 Å². The first-order chi connectivity index (χ1) is 14.6. The molecule has 0 saturated carbocycles. The van der Waals surface area contributed by atoms with E-state index < -0.39 is 0 Å². The first-order valence-electron chi connectivity index (χ1n) is 9.81. The number of thiophene rings is 1. The molecule has 1 aromatic heterocycles. The molecule has 2 amide bonds. The summed E-state index contributed by atoms with van der Waals surface area (Å²) < 4.78 is 0.716. The molecule has 3 aromatic rings. The van der Waals surface area contributed by atoms with Gasteiger partial charge in [-0.15, -0.1) is 11.3 Å². The predicted molar refractivity (Wildman–Crippen MR) is 124 cm³/mol. The number of piperazine rings is 1. The molecule has 1 saturated heterocycles. The minimum Gasteiger partial charge on any atom is -0.336 e. The van der Waals surface area contributed by atoms with Crippen molar-refractivity contribution in [3.63, 3.8) is 0 Å². The molecule has 0 atom stereocenters. The number of hydrogen-bond acceptors (Lipinski definition) is 4. The normalized spacial score (nSPS) is 14.5. The second kappa shape index (κ2) is 9.55. The van der Waals surface area contributed by atoms with E-state index in [1.165, 1.54) is 4.88 Å². The highest BCUT2D eigenvalue weighted by Crippen LogP contribution is 2.22. The van der Waals surface area contributed by atoms with Crippen LogP contribution in [0.5, 0.6) is 0 Å². The Balaban J connectivity index is 1.43. The summed E-state index contributed by atoms with van der Waals surface area (Å²) in [5.74, 6) is -0.294. The van der Waals surface area contributed by atoms with Crippen LogP contribution in [-0.4, -0.2) is 47.8 Å². The van der Waals surface area contributed by atoms with Gasteiger partial charge in [-0.25, -0.2) is 0 Å². The molecule has 1 aliphatic rings. The summed E-state index contributed by atoms with van der Waals surface area (Å²) in [7, 11) is 0. The maximum atomic E-state index is 13.2. The standard InChI is InChI=1S/C23H22BrN3O2S/c24-20-9-3-1-7-18(20)22(28)25-21-10-4-2-8-19(21)23(29)27-13-11-26(12-14-27)16-17-6-5-15-30-17/h1-10,15H,11-14,16H2,(H,25,28). The lowest BCUT2D eigenvalue weighted by molar-refractivity contribution is 0.0630. The number of amides is 2. The Labute approximate surface area is 188 Å². The molecule has 5 nitrogen and oxygen atoms in total. The monoisotopic (exact) mass is 483 g/mol. The van der Waals surface area contributed by atoms with Gasteiger partial charge in [0.15, 0.2) is 0 Å². The maximum absolute atomic E-state index is 13.2. The van der Waals surface area contributed by atoms with E-state index >= 15 is 0 Å². The van der Waals surface area contributed by atoms with E-state index in [0.29, 0.717) is 34.4 Å². The fourth-order valence-electron chi connectivity index (χ4n) is 3.52. The Hall–Kier alpha value is -2.48. The molecule has 4 rings (SSSR count). The highest BCUT2D eigenvalue weighted by Gasteiger charge is 2.24. The molecule has 2 aromatic carbocycles. The average Bonchev–Trinajstić information content (AvgIpc) is 3.27. The zero-order valence-corrected chi connectivity index (χ0v) is 18.8. The van der Waals surface area contributed by atoms with E-state index in [0.717, 1.165) is 19.6 Å². The van der Waals surface area contributed by atoms with Gasteiger partial charge in [-0.2, -0.15) is 0 Å². The van der Waals surface area contributed by atoms with Crippen LogP contribution in [0.2, 0.25) is 0 Å². The summed E-state index contributed by atoms with van der Waals surface area (Å²) >= 11 is 5.17. The van der Waals surface area contributed by atoms with Crippen LogP contribution in [-0.2, 0) is 6.54 Å². The van der Waals surface area contributed by atoms with E-state index in [4.69, 9.17) is 0 Å². The van der Waals surface area contributed by atoms with Gasteiger partial charge < -0.3 is 10.2 Å². The summed E-state index contributed by atoms with van der Waals surface area (Å²) in [5, 5.41) is 4.99. The molecular weight excluding hydrogens is 462 g/mol. The van der Waals surface area contributed by atoms with Crippen molar-refractivity contribution in [2.75, 3.05) is 31.5 Å². The lowest BCUT2D eigenvalue weighted by atomic mass is 10.1. The van der Waals surface area contributed by atoms with E-state index in [-0.39, 0.29) is 11.8 Å². The van der Waals surface area contributed by atoms with Gasteiger partial charge in [0.25, 0.3) is 11.8 Å². The second-order valence-electron chi connectivity index (χ2n) is 7.13. The lowest BCUT2D eigenvalue weighted by Gasteiger charge is -2.34. The SMILES string of the molecule is O=C(Nc1ccccc1C(=O)N1CCN(Cc2cccs2)CC1)c1ccccc1Br. The third kappa shape index (κ3) is 4.80. The number of carbonyl (C=O) groups excluding carboxylic acids is 2. The van der Waals surface area contributed by atoms with Crippen LogP contribution in [0.1, 0.15) is 25.6 Å². The van der Waals surface area contributed by atoms with Crippen molar-refractivity contribution in [3.8, 4) is 0 Å². The molecule has 1 aliphatic heterocycles. The van der Waals surface area contributed by atoms with Crippen LogP contribution >= 0.6 is 27.3 Å². The van der Waals surface area contributed by atoms with Gasteiger partial charge in [-0.05, 0) is 51.6 Å². The Morgan fingerprint density at radius 1 is 0.900 bits per heavy atom. The molecule has 2 heterocycles. The highest BCUT2D eigenvalue weighted by atomic mass is 79.9. The molecule has 0 aliphatic carbocycles. The molecule has 0 radical (unpaired) electrons. The number of para-hydroxylation sites is 1. The Bertz CT molecular complexity index is 1030. The van der Waals surface area contributed by atoms with Crippen molar-refractivity contribution in [1.29, 1.82) is 0 Å². The van der Waals surface area contributed by atoms with Crippen molar-refractivity contribution in [2.24, 2.45) is 0 Å². The quantitative estimate of drug-likeness (QED) is 0.570. The van der Waals surface area contributed by atoms with Crippen molar-refractivity contribution < 1.29 is 9.59 Å². The van der Waals surface area contributed by atoms with Crippen molar-refractivity contribution in [2.45, 2.75) is 6.54 Å². The molecule has 7 heteroatoms. The minimum atomic E-state index is -0.247.